The third-order valence-corrected chi connectivity index (χ3v) is 3.16. The van der Waals surface area contributed by atoms with E-state index in [2.05, 4.69) is 0 Å². The van der Waals surface area contributed by atoms with Gasteiger partial charge in [0.2, 0.25) is 0 Å². The van der Waals surface area contributed by atoms with E-state index in [-0.39, 0.29) is 18.4 Å². The van der Waals surface area contributed by atoms with Crippen LogP contribution in [0.15, 0.2) is 18.2 Å². The van der Waals surface area contributed by atoms with Crippen LogP contribution in [0.4, 0.5) is 0 Å². The molecule has 0 heterocycles. The molecule has 0 atom stereocenters. The number of hydrogen-bond donors (Lipinski definition) is 0. The average molecular weight is 285 g/mol. The van der Waals surface area contributed by atoms with Gasteiger partial charge < -0.3 is 4.90 Å². The van der Waals surface area contributed by atoms with Crippen molar-refractivity contribution in [1.29, 1.82) is 5.26 Å². The Morgan fingerprint density at radius 1 is 1.39 bits per heavy atom. The van der Waals surface area contributed by atoms with Gasteiger partial charge in [0.05, 0.1) is 28.1 Å². The molecule has 0 N–H and O–H groups in total. The molecule has 0 aliphatic rings. The highest BCUT2D eigenvalue weighted by molar-refractivity contribution is 6.39. The van der Waals surface area contributed by atoms with Crippen molar-refractivity contribution in [2.45, 2.75) is 26.3 Å². The second kappa shape index (κ2) is 6.63. The van der Waals surface area contributed by atoms with Gasteiger partial charge in [0.25, 0.3) is 5.91 Å². The summed E-state index contributed by atoms with van der Waals surface area (Å²) in [5.41, 5.74) is 0.299. The second-order valence-corrected chi connectivity index (χ2v) is 4.91. The molecule has 18 heavy (non-hydrogen) atoms. The van der Waals surface area contributed by atoms with Crippen LogP contribution in [0.1, 0.15) is 30.6 Å². The summed E-state index contributed by atoms with van der Waals surface area (Å²) in [5.74, 6) is -0.240. The first-order valence-corrected chi connectivity index (χ1v) is 6.36. The van der Waals surface area contributed by atoms with Crippen LogP contribution in [0.3, 0.4) is 0 Å². The van der Waals surface area contributed by atoms with Gasteiger partial charge in [-0.1, -0.05) is 29.3 Å². The fourth-order valence-electron chi connectivity index (χ4n) is 1.61. The summed E-state index contributed by atoms with van der Waals surface area (Å²) >= 11 is 12.0. The Hall–Kier alpha value is -1.24. The molecule has 1 aromatic carbocycles. The number of benzene rings is 1. The predicted molar refractivity (Wildman–Crippen MR) is 72.9 cm³/mol. The SMILES string of the molecule is CC(C)N(CCC#N)C(=O)c1c(Cl)cccc1Cl. The Balaban J connectivity index is 3.07. The van der Waals surface area contributed by atoms with E-state index in [9.17, 15) is 4.79 Å². The lowest BCUT2D eigenvalue weighted by molar-refractivity contribution is 0.0710. The van der Waals surface area contributed by atoms with E-state index in [0.717, 1.165) is 0 Å². The Morgan fingerprint density at radius 2 is 1.94 bits per heavy atom. The van der Waals surface area contributed by atoms with Gasteiger partial charge in [-0.05, 0) is 26.0 Å². The molecule has 0 unspecified atom stereocenters. The van der Waals surface area contributed by atoms with Crippen molar-refractivity contribution in [2.75, 3.05) is 6.54 Å². The highest BCUT2D eigenvalue weighted by Gasteiger charge is 2.22. The summed E-state index contributed by atoms with van der Waals surface area (Å²) in [5, 5.41) is 9.28. The summed E-state index contributed by atoms with van der Waals surface area (Å²) in [4.78, 5) is 14.0. The zero-order chi connectivity index (χ0) is 13.7. The molecule has 96 valence electrons. The molecule has 0 radical (unpaired) electrons. The standard InChI is InChI=1S/C13H14Cl2N2O/c1-9(2)17(8-4-7-16)13(18)12-10(14)5-3-6-11(12)15/h3,5-6,9H,4,8H2,1-2H3. The first kappa shape index (κ1) is 14.8. The quantitative estimate of drug-likeness (QED) is 0.845. The highest BCUT2D eigenvalue weighted by Crippen LogP contribution is 2.26. The summed E-state index contributed by atoms with van der Waals surface area (Å²) in [6.07, 6.45) is 0.284. The zero-order valence-electron chi connectivity index (χ0n) is 10.3. The molecule has 1 amide bonds. The van der Waals surface area contributed by atoms with E-state index in [0.29, 0.717) is 22.2 Å². The lowest BCUT2D eigenvalue weighted by atomic mass is 10.1. The van der Waals surface area contributed by atoms with Gasteiger partial charge in [0.15, 0.2) is 0 Å². The monoisotopic (exact) mass is 284 g/mol. The number of amides is 1. The van der Waals surface area contributed by atoms with Crippen LogP contribution in [-0.2, 0) is 0 Å². The smallest absolute Gasteiger partial charge is 0.257 e. The molecule has 0 saturated carbocycles. The number of hydrogen-bond acceptors (Lipinski definition) is 2. The maximum atomic E-state index is 12.4. The molecule has 0 aliphatic carbocycles. The molecule has 0 bridgehead atoms. The largest absolute Gasteiger partial charge is 0.335 e. The molecule has 0 spiro atoms. The van der Waals surface area contributed by atoms with Crippen molar-refractivity contribution in [3.05, 3.63) is 33.8 Å². The number of nitrogens with zero attached hydrogens (tertiary/aromatic N) is 2. The van der Waals surface area contributed by atoms with Crippen molar-refractivity contribution in [1.82, 2.24) is 4.90 Å². The van der Waals surface area contributed by atoms with Crippen molar-refractivity contribution in [2.24, 2.45) is 0 Å². The maximum absolute atomic E-state index is 12.4. The molecule has 0 aliphatic heterocycles. The van der Waals surface area contributed by atoms with Crippen molar-refractivity contribution >= 4 is 29.1 Å². The highest BCUT2D eigenvalue weighted by atomic mass is 35.5. The van der Waals surface area contributed by atoms with Crippen LogP contribution in [0.5, 0.6) is 0 Å². The number of carbonyl (C=O) groups excluding carboxylic acids is 1. The van der Waals surface area contributed by atoms with Crippen LogP contribution in [0.2, 0.25) is 10.0 Å². The second-order valence-electron chi connectivity index (χ2n) is 4.10. The minimum atomic E-state index is -0.240. The van der Waals surface area contributed by atoms with Gasteiger partial charge >= 0.3 is 0 Å². The van der Waals surface area contributed by atoms with Gasteiger partial charge in [-0.3, -0.25) is 4.79 Å². The number of halogens is 2. The predicted octanol–water partition coefficient (Wildman–Crippen LogP) is 3.76. The third kappa shape index (κ3) is 3.38. The van der Waals surface area contributed by atoms with E-state index in [1.807, 2.05) is 19.9 Å². The molecule has 1 rings (SSSR count). The summed E-state index contributed by atoms with van der Waals surface area (Å²) in [6.45, 7) is 4.15. The van der Waals surface area contributed by atoms with Gasteiger partial charge in [-0.25, -0.2) is 0 Å². The Kier molecular flexibility index (Phi) is 5.46. The molecule has 3 nitrogen and oxygen atoms in total. The molecule has 0 fully saturated rings. The van der Waals surface area contributed by atoms with Crippen LogP contribution >= 0.6 is 23.2 Å². The first-order valence-electron chi connectivity index (χ1n) is 5.61. The average Bonchev–Trinajstić information content (AvgIpc) is 2.28. The normalized spacial score (nSPS) is 10.2. The maximum Gasteiger partial charge on any atom is 0.257 e. The number of nitriles is 1. The Labute approximate surface area is 117 Å². The van der Waals surface area contributed by atoms with E-state index in [4.69, 9.17) is 28.5 Å². The third-order valence-electron chi connectivity index (χ3n) is 2.53. The summed E-state index contributed by atoms with van der Waals surface area (Å²) < 4.78 is 0. The molecular formula is C13H14Cl2N2O. The van der Waals surface area contributed by atoms with E-state index < -0.39 is 0 Å². The van der Waals surface area contributed by atoms with Gasteiger partial charge in [-0.2, -0.15) is 5.26 Å². The van der Waals surface area contributed by atoms with Crippen LogP contribution in [0.25, 0.3) is 0 Å². The minimum Gasteiger partial charge on any atom is -0.335 e. The fraction of sp³-hybridized carbons (Fsp3) is 0.385. The van der Waals surface area contributed by atoms with E-state index in [1.54, 1.807) is 23.1 Å². The number of carbonyl (C=O) groups is 1. The Morgan fingerprint density at radius 3 is 2.39 bits per heavy atom. The summed E-state index contributed by atoms with van der Waals surface area (Å²) in [7, 11) is 0. The van der Waals surface area contributed by atoms with Gasteiger partial charge in [0, 0.05) is 12.6 Å². The van der Waals surface area contributed by atoms with Gasteiger partial charge in [0.1, 0.15) is 0 Å². The molecule has 1 aromatic rings. The number of rotatable bonds is 4. The molecule has 5 heteroatoms. The van der Waals surface area contributed by atoms with E-state index in [1.165, 1.54) is 0 Å². The lowest BCUT2D eigenvalue weighted by Crippen LogP contribution is -2.37. The van der Waals surface area contributed by atoms with E-state index >= 15 is 0 Å². The first-order chi connectivity index (χ1) is 8.49. The Bertz CT molecular complexity index is 460. The topological polar surface area (TPSA) is 44.1 Å². The molecule has 0 saturated heterocycles. The molecule has 0 aromatic heterocycles. The lowest BCUT2D eigenvalue weighted by Gasteiger charge is -2.26. The fourth-order valence-corrected chi connectivity index (χ4v) is 2.17. The van der Waals surface area contributed by atoms with Crippen molar-refractivity contribution in [3.63, 3.8) is 0 Å². The van der Waals surface area contributed by atoms with Crippen molar-refractivity contribution < 1.29 is 4.79 Å². The van der Waals surface area contributed by atoms with Crippen molar-refractivity contribution in [3.8, 4) is 6.07 Å². The van der Waals surface area contributed by atoms with Gasteiger partial charge in [-0.15, -0.1) is 0 Å². The van der Waals surface area contributed by atoms with Crippen LogP contribution in [-0.4, -0.2) is 23.4 Å². The molecular weight excluding hydrogens is 271 g/mol. The minimum absolute atomic E-state index is 0.0156. The zero-order valence-corrected chi connectivity index (χ0v) is 11.8. The van der Waals surface area contributed by atoms with Crippen LogP contribution < -0.4 is 0 Å². The van der Waals surface area contributed by atoms with Crippen LogP contribution in [0, 0.1) is 11.3 Å². The summed E-state index contributed by atoms with van der Waals surface area (Å²) in [6, 6.07) is 6.96.